The van der Waals surface area contributed by atoms with Crippen LogP contribution in [0.3, 0.4) is 0 Å². The lowest BCUT2D eigenvalue weighted by atomic mass is 10.2. The molecule has 0 saturated carbocycles. The van der Waals surface area contributed by atoms with Crippen molar-refractivity contribution >= 4 is 29.0 Å². The van der Waals surface area contributed by atoms with Crippen LogP contribution < -0.4 is 0 Å². The number of rotatable bonds is 2. The molecule has 5 heteroatoms. The van der Waals surface area contributed by atoms with Gasteiger partial charge in [0.05, 0.1) is 15.6 Å². The second-order valence-electron chi connectivity index (χ2n) is 3.09. The van der Waals surface area contributed by atoms with Crippen molar-refractivity contribution in [2.75, 3.05) is 21.2 Å². The number of halogens is 2. The molecule has 0 aliphatic carbocycles. The number of hydrogen-bond acceptors (Lipinski definition) is 2. The molecule has 0 aromatic heterocycles. The van der Waals surface area contributed by atoms with Crippen molar-refractivity contribution < 1.29 is 4.84 Å². The zero-order chi connectivity index (χ0) is 11.4. The summed E-state index contributed by atoms with van der Waals surface area (Å²) in [5.74, 6) is 0.591. The van der Waals surface area contributed by atoms with E-state index in [-0.39, 0.29) is 0 Å². The molecule has 0 aliphatic heterocycles. The number of nitrogens with zero attached hydrogens (tertiary/aromatic N) is 2. The van der Waals surface area contributed by atoms with Crippen molar-refractivity contribution in [1.29, 1.82) is 0 Å². The van der Waals surface area contributed by atoms with E-state index >= 15 is 0 Å². The van der Waals surface area contributed by atoms with Crippen molar-refractivity contribution in [3.05, 3.63) is 33.8 Å². The molecule has 1 aromatic rings. The fourth-order valence-electron chi connectivity index (χ4n) is 1.15. The highest BCUT2D eigenvalue weighted by Gasteiger charge is 2.14. The summed E-state index contributed by atoms with van der Waals surface area (Å²) in [5, 5.41) is 4.99. The minimum Gasteiger partial charge on any atom is -0.397 e. The van der Waals surface area contributed by atoms with Crippen LogP contribution in [0.15, 0.2) is 23.4 Å². The fourth-order valence-corrected chi connectivity index (χ4v) is 1.72. The maximum Gasteiger partial charge on any atom is 0.177 e. The molecular weight excluding hydrogens is 235 g/mol. The van der Waals surface area contributed by atoms with Crippen LogP contribution in [0.1, 0.15) is 5.56 Å². The third-order valence-electron chi connectivity index (χ3n) is 1.79. The molecule has 0 spiro atoms. The lowest BCUT2D eigenvalue weighted by molar-refractivity contribution is 0.209. The fraction of sp³-hybridized carbons (Fsp3) is 0.300. The summed E-state index contributed by atoms with van der Waals surface area (Å²) in [6.45, 7) is 0. The van der Waals surface area contributed by atoms with Crippen molar-refractivity contribution in [3.8, 4) is 0 Å². The van der Waals surface area contributed by atoms with Gasteiger partial charge in [0.1, 0.15) is 7.11 Å². The van der Waals surface area contributed by atoms with E-state index in [1.807, 2.05) is 14.1 Å². The van der Waals surface area contributed by atoms with E-state index in [2.05, 4.69) is 5.16 Å². The molecule has 0 radical (unpaired) electrons. The summed E-state index contributed by atoms with van der Waals surface area (Å²) in [6.07, 6.45) is 0. The molecule has 0 heterocycles. The first-order valence-electron chi connectivity index (χ1n) is 4.30. The van der Waals surface area contributed by atoms with Crippen LogP contribution in [0.5, 0.6) is 0 Å². The number of oxime groups is 1. The Morgan fingerprint density at radius 1 is 1.27 bits per heavy atom. The summed E-state index contributed by atoms with van der Waals surface area (Å²) < 4.78 is 0. The summed E-state index contributed by atoms with van der Waals surface area (Å²) >= 11 is 12.1. The van der Waals surface area contributed by atoms with Crippen LogP contribution in [0, 0.1) is 0 Å². The van der Waals surface area contributed by atoms with Gasteiger partial charge in [-0.2, -0.15) is 0 Å². The molecule has 1 rings (SSSR count). The number of hydrogen-bond donors (Lipinski definition) is 0. The van der Waals surface area contributed by atoms with Crippen LogP contribution in [0.4, 0.5) is 0 Å². The third kappa shape index (κ3) is 2.76. The molecule has 82 valence electrons. The van der Waals surface area contributed by atoms with Crippen LogP contribution in [-0.2, 0) is 4.84 Å². The summed E-state index contributed by atoms with van der Waals surface area (Å²) in [7, 11) is 5.17. The maximum absolute atomic E-state index is 6.06. The normalized spacial score (nSPS) is 11.4. The lowest BCUT2D eigenvalue weighted by Crippen LogP contribution is -2.24. The van der Waals surface area contributed by atoms with E-state index in [1.165, 1.54) is 7.11 Å². The predicted octanol–water partition coefficient (Wildman–Crippen LogP) is 2.86. The van der Waals surface area contributed by atoms with E-state index in [0.717, 1.165) is 0 Å². The molecular formula is C10H12Cl2N2O. The summed E-state index contributed by atoms with van der Waals surface area (Å²) in [6, 6.07) is 5.31. The van der Waals surface area contributed by atoms with Crippen LogP contribution >= 0.6 is 23.2 Å². The smallest absolute Gasteiger partial charge is 0.177 e. The molecule has 0 fully saturated rings. The van der Waals surface area contributed by atoms with E-state index in [1.54, 1.807) is 23.1 Å². The molecule has 0 N–H and O–H groups in total. The molecule has 0 unspecified atom stereocenters. The zero-order valence-corrected chi connectivity index (χ0v) is 10.3. The molecule has 0 aliphatic rings. The molecule has 0 saturated heterocycles. The van der Waals surface area contributed by atoms with Crippen LogP contribution in [-0.4, -0.2) is 31.9 Å². The minimum absolute atomic E-state index is 0.548. The first-order chi connectivity index (χ1) is 7.07. The molecule has 3 nitrogen and oxygen atoms in total. The quantitative estimate of drug-likeness (QED) is 0.456. The van der Waals surface area contributed by atoms with Crippen molar-refractivity contribution in [2.45, 2.75) is 0 Å². The van der Waals surface area contributed by atoms with E-state index in [4.69, 9.17) is 28.0 Å². The van der Waals surface area contributed by atoms with Gasteiger partial charge in [-0.25, -0.2) is 0 Å². The summed E-state index contributed by atoms with van der Waals surface area (Å²) in [4.78, 5) is 6.55. The zero-order valence-electron chi connectivity index (χ0n) is 8.79. The topological polar surface area (TPSA) is 24.8 Å². The SMILES string of the molecule is CON=C(c1c(Cl)cccc1Cl)N(C)C. The van der Waals surface area contributed by atoms with Crippen molar-refractivity contribution in [1.82, 2.24) is 4.90 Å². The molecule has 15 heavy (non-hydrogen) atoms. The monoisotopic (exact) mass is 246 g/mol. The van der Waals surface area contributed by atoms with Gasteiger partial charge in [0.25, 0.3) is 0 Å². The number of benzene rings is 1. The van der Waals surface area contributed by atoms with Gasteiger partial charge in [-0.05, 0) is 12.1 Å². The van der Waals surface area contributed by atoms with E-state index in [0.29, 0.717) is 21.4 Å². The van der Waals surface area contributed by atoms with Gasteiger partial charge in [0, 0.05) is 14.1 Å². The second-order valence-corrected chi connectivity index (χ2v) is 3.90. The third-order valence-corrected chi connectivity index (χ3v) is 2.42. The predicted molar refractivity (Wildman–Crippen MR) is 63.7 cm³/mol. The standard InChI is InChI=1S/C10H12Cl2N2O/c1-14(2)10(13-15-3)9-7(11)5-4-6-8(9)12/h4-6H,1-3H3. The second kappa shape index (κ2) is 5.24. The minimum atomic E-state index is 0.548. The molecule has 0 atom stereocenters. The van der Waals surface area contributed by atoms with Crippen molar-refractivity contribution in [3.63, 3.8) is 0 Å². The largest absolute Gasteiger partial charge is 0.397 e. The van der Waals surface area contributed by atoms with Gasteiger partial charge in [0.2, 0.25) is 0 Å². The highest BCUT2D eigenvalue weighted by molar-refractivity contribution is 6.40. The highest BCUT2D eigenvalue weighted by Crippen LogP contribution is 2.25. The van der Waals surface area contributed by atoms with Gasteiger partial charge in [-0.15, -0.1) is 0 Å². The highest BCUT2D eigenvalue weighted by atomic mass is 35.5. The average Bonchev–Trinajstić information content (AvgIpc) is 2.15. The van der Waals surface area contributed by atoms with Gasteiger partial charge in [0.15, 0.2) is 5.84 Å². The molecule has 1 aromatic carbocycles. The van der Waals surface area contributed by atoms with Gasteiger partial charge >= 0.3 is 0 Å². The Hall–Kier alpha value is -0.930. The molecule has 0 bridgehead atoms. The lowest BCUT2D eigenvalue weighted by Gasteiger charge is -2.16. The van der Waals surface area contributed by atoms with Gasteiger partial charge in [-0.3, -0.25) is 0 Å². The van der Waals surface area contributed by atoms with Crippen LogP contribution in [0.25, 0.3) is 0 Å². The summed E-state index contributed by atoms with van der Waals surface area (Å²) in [5.41, 5.74) is 0.674. The van der Waals surface area contributed by atoms with Gasteiger partial charge < -0.3 is 9.74 Å². The average molecular weight is 247 g/mol. The van der Waals surface area contributed by atoms with Crippen LogP contribution in [0.2, 0.25) is 10.0 Å². The van der Waals surface area contributed by atoms with Gasteiger partial charge in [-0.1, -0.05) is 34.4 Å². The molecule has 0 amide bonds. The van der Waals surface area contributed by atoms with Crippen molar-refractivity contribution in [2.24, 2.45) is 5.16 Å². The Morgan fingerprint density at radius 2 is 1.80 bits per heavy atom. The Kier molecular flexibility index (Phi) is 4.24. The Morgan fingerprint density at radius 3 is 2.20 bits per heavy atom. The van der Waals surface area contributed by atoms with E-state index < -0.39 is 0 Å². The Balaban J connectivity index is 3.29. The Bertz CT molecular complexity index is 357. The number of amidine groups is 1. The maximum atomic E-state index is 6.06. The first-order valence-corrected chi connectivity index (χ1v) is 5.06. The van der Waals surface area contributed by atoms with E-state index in [9.17, 15) is 0 Å². The Labute approximate surface area is 99.2 Å². The first kappa shape index (κ1) is 12.1.